The van der Waals surface area contributed by atoms with Gasteiger partial charge in [0.15, 0.2) is 5.11 Å². The predicted octanol–water partition coefficient (Wildman–Crippen LogP) is 3.69. The monoisotopic (exact) mass is 409 g/mol. The molecular formula is C22H23N3O3S. The van der Waals surface area contributed by atoms with E-state index in [0.717, 1.165) is 5.56 Å². The second-order valence-electron chi connectivity index (χ2n) is 6.34. The molecule has 2 aromatic rings. The number of ether oxygens (including phenoxy) is 2. The summed E-state index contributed by atoms with van der Waals surface area (Å²) in [7, 11) is 3.18. The molecule has 0 bridgehead atoms. The van der Waals surface area contributed by atoms with Gasteiger partial charge in [-0.3, -0.25) is 4.79 Å². The number of nitrogens with one attached hydrogen (secondary N) is 3. The van der Waals surface area contributed by atoms with E-state index in [1.54, 1.807) is 32.4 Å². The van der Waals surface area contributed by atoms with Crippen molar-refractivity contribution in [1.82, 2.24) is 10.6 Å². The first-order chi connectivity index (χ1) is 14.1. The van der Waals surface area contributed by atoms with E-state index in [9.17, 15) is 4.79 Å². The molecule has 0 saturated heterocycles. The summed E-state index contributed by atoms with van der Waals surface area (Å²) in [5, 5.41) is 9.67. The molecule has 0 aliphatic carbocycles. The molecule has 3 rings (SSSR count). The van der Waals surface area contributed by atoms with Gasteiger partial charge in [-0.25, -0.2) is 0 Å². The molecule has 1 aliphatic heterocycles. The Bertz CT molecular complexity index is 957. The predicted molar refractivity (Wildman–Crippen MR) is 118 cm³/mol. The van der Waals surface area contributed by atoms with Crippen LogP contribution in [-0.2, 0) is 4.79 Å². The first-order valence-electron chi connectivity index (χ1n) is 9.07. The van der Waals surface area contributed by atoms with Gasteiger partial charge in [-0.05, 0) is 42.5 Å². The zero-order valence-electron chi connectivity index (χ0n) is 16.3. The summed E-state index contributed by atoms with van der Waals surface area (Å²) in [5.41, 5.74) is 2.64. The van der Waals surface area contributed by atoms with Crippen LogP contribution in [0.25, 0.3) is 0 Å². The number of allylic oxidation sites excluding steroid dienone is 1. The molecule has 0 aromatic heterocycles. The summed E-state index contributed by atoms with van der Waals surface area (Å²) >= 11 is 5.39. The molecule has 1 atom stereocenters. The lowest BCUT2D eigenvalue weighted by atomic mass is 9.92. The standard InChI is InChI=1S/C22H23N3O3S/c1-4-8-17-19(21(26)23-14-9-6-5-7-10-14)20(25-22(29)24-17)16-13-15(27-2)11-12-18(16)28-3/h4-7,9-13,20H,1,8H2,2-3H3,(H,23,26)(H2,24,25,29). The van der Waals surface area contributed by atoms with E-state index in [1.807, 2.05) is 36.4 Å². The summed E-state index contributed by atoms with van der Waals surface area (Å²) in [6, 6.07) is 14.2. The molecule has 6 nitrogen and oxygen atoms in total. The summed E-state index contributed by atoms with van der Waals surface area (Å²) in [4.78, 5) is 13.3. The molecule has 3 N–H and O–H groups in total. The van der Waals surface area contributed by atoms with Crippen LogP contribution in [0.2, 0.25) is 0 Å². The van der Waals surface area contributed by atoms with Crippen molar-refractivity contribution in [2.45, 2.75) is 12.5 Å². The van der Waals surface area contributed by atoms with Gasteiger partial charge in [0.05, 0.1) is 25.8 Å². The number of methoxy groups -OCH3 is 2. The highest BCUT2D eigenvalue weighted by molar-refractivity contribution is 7.80. The van der Waals surface area contributed by atoms with Crippen LogP contribution in [-0.4, -0.2) is 25.2 Å². The molecule has 1 heterocycles. The quantitative estimate of drug-likeness (QED) is 0.479. The van der Waals surface area contributed by atoms with Crippen LogP contribution < -0.4 is 25.4 Å². The molecule has 150 valence electrons. The first-order valence-corrected chi connectivity index (χ1v) is 9.48. The lowest BCUT2D eigenvalue weighted by molar-refractivity contribution is -0.113. The average Bonchev–Trinajstić information content (AvgIpc) is 2.73. The molecule has 7 heteroatoms. The van der Waals surface area contributed by atoms with Crippen molar-refractivity contribution in [3.05, 3.63) is 78.0 Å². The minimum absolute atomic E-state index is 0.245. The van der Waals surface area contributed by atoms with E-state index in [-0.39, 0.29) is 5.91 Å². The number of hydrogen-bond donors (Lipinski definition) is 3. The fraction of sp³-hybridized carbons (Fsp3) is 0.182. The van der Waals surface area contributed by atoms with E-state index in [0.29, 0.717) is 40.0 Å². The second-order valence-corrected chi connectivity index (χ2v) is 6.75. The van der Waals surface area contributed by atoms with Crippen molar-refractivity contribution in [3.63, 3.8) is 0 Å². The first kappa shape index (κ1) is 20.4. The third kappa shape index (κ3) is 4.57. The highest BCUT2D eigenvalue weighted by atomic mass is 32.1. The van der Waals surface area contributed by atoms with Crippen molar-refractivity contribution >= 4 is 28.9 Å². The normalized spacial score (nSPS) is 15.8. The molecule has 0 spiro atoms. The van der Waals surface area contributed by atoms with Crippen LogP contribution in [0.5, 0.6) is 11.5 Å². The maximum atomic E-state index is 13.3. The van der Waals surface area contributed by atoms with E-state index < -0.39 is 6.04 Å². The molecule has 0 radical (unpaired) electrons. The van der Waals surface area contributed by atoms with Crippen molar-refractivity contribution < 1.29 is 14.3 Å². The van der Waals surface area contributed by atoms with Crippen LogP contribution in [0.3, 0.4) is 0 Å². The number of hydrogen-bond acceptors (Lipinski definition) is 4. The smallest absolute Gasteiger partial charge is 0.255 e. The van der Waals surface area contributed by atoms with Crippen molar-refractivity contribution in [2.75, 3.05) is 19.5 Å². The number of para-hydroxylation sites is 1. The zero-order chi connectivity index (χ0) is 20.8. The van der Waals surface area contributed by atoms with E-state index in [2.05, 4.69) is 22.5 Å². The highest BCUT2D eigenvalue weighted by Crippen LogP contribution is 2.36. The van der Waals surface area contributed by atoms with Crippen LogP contribution in [0.15, 0.2) is 72.5 Å². The van der Waals surface area contributed by atoms with Crippen LogP contribution >= 0.6 is 12.2 Å². The van der Waals surface area contributed by atoms with E-state index in [1.165, 1.54) is 0 Å². The van der Waals surface area contributed by atoms with Gasteiger partial charge in [-0.1, -0.05) is 24.3 Å². The fourth-order valence-electron chi connectivity index (χ4n) is 3.21. The van der Waals surface area contributed by atoms with Crippen molar-refractivity contribution in [1.29, 1.82) is 0 Å². The van der Waals surface area contributed by atoms with Gasteiger partial charge in [0.1, 0.15) is 11.5 Å². The molecule has 2 aromatic carbocycles. The summed E-state index contributed by atoms with van der Waals surface area (Å²) in [6.07, 6.45) is 2.19. The number of thiocarbonyl (C=S) groups is 1. The van der Waals surface area contributed by atoms with E-state index >= 15 is 0 Å². The van der Waals surface area contributed by atoms with Gasteiger partial charge < -0.3 is 25.4 Å². The third-order valence-corrected chi connectivity index (χ3v) is 4.75. The number of rotatable bonds is 7. The fourth-order valence-corrected chi connectivity index (χ4v) is 3.45. The summed E-state index contributed by atoms with van der Waals surface area (Å²) in [6.45, 7) is 3.80. The average molecular weight is 410 g/mol. The third-order valence-electron chi connectivity index (χ3n) is 4.53. The Kier molecular flexibility index (Phi) is 6.51. The molecule has 1 unspecified atom stereocenters. The number of carbonyl (C=O) groups is 1. The SMILES string of the molecule is C=CCC1=C(C(=O)Nc2ccccc2)C(c2cc(OC)ccc2OC)NC(=S)N1. The molecular weight excluding hydrogens is 386 g/mol. The Hall–Kier alpha value is -3.32. The Morgan fingerprint density at radius 1 is 1.21 bits per heavy atom. The molecule has 1 aliphatic rings. The van der Waals surface area contributed by atoms with E-state index in [4.69, 9.17) is 21.7 Å². The lowest BCUT2D eigenvalue weighted by Crippen LogP contribution is -2.46. The van der Waals surface area contributed by atoms with Gasteiger partial charge in [0.2, 0.25) is 0 Å². The summed E-state index contributed by atoms with van der Waals surface area (Å²) in [5.74, 6) is 1.03. The Balaban J connectivity index is 2.10. The van der Waals surface area contributed by atoms with Crippen molar-refractivity contribution in [2.24, 2.45) is 0 Å². The number of benzene rings is 2. The highest BCUT2D eigenvalue weighted by Gasteiger charge is 2.33. The minimum Gasteiger partial charge on any atom is -0.497 e. The molecule has 0 fully saturated rings. The number of carbonyl (C=O) groups excluding carboxylic acids is 1. The largest absolute Gasteiger partial charge is 0.497 e. The second kappa shape index (κ2) is 9.25. The molecule has 0 saturated carbocycles. The van der Waals surface area contributed by atoms with Crippen LogP contribution in [0.4, 0.5) is 5.69 Å². The van der Waals surface area contributed by atoms with Gasteiger partial charge in [-0.15, -0.1) is 6.58 Å². The minimum atomic E-state index is -0.521. The van der Waals surface area contributed by atoms with Crippen molar-refractivity contribution in [3.8, 4) is 11.5 Å². The maximum Gasteiger partial charge on any atom is 0.255 e. The van der Waals surface area contributed by atoms with Gasteiger partial charge in [0.25, 0.3) is 5.91 Å². The lowest BCUT2D eigenvalue weighted by Gasteiger charge is -2.32. The Labute approximate surface area is 175 Å². The zero-order valence-corrected chi connectivity index (χ0v) is 17.1. The Morgan fingerprint density at radius 2 is 1.97 bits per heavy atom. The van der Waals surface area contributed by atoms with Crippen LogP contribution in [0.1, 0.15) is 18.0 Å². The van der Waals surface area contributed by atoms with Crippen LogP contribution in [0, 0.1) is 0 Å². The van der Waals surface area contributed by atoms with Gasteiger partial charge in [-0.2, -0.15) is 0 Å². The van der Waals surface area contributed by atoms with Gasteiger partial charge in [0, 0.05) is 23.4 Å². The molecule has 29 heavy (non-hydrogen) atoms. The number of amides is 1. The Morgan fingerprint density at radius 3 is 2.62 bits per heavy atom. The topological polar surface area (TPSA) is 71.6 Å². The van der Waals surface area contributed by atoms with Gasteiger partial charge >= 0.3 is 0 Å². The summed E-state index contributed by atoms with van der Waals surface area (Å²) < 4.78 is 10.9. The maximum absolute atomic E-state index is 13.3. The molecule has 1 amide bonds. The number of anilines is 1.